The van der Waals surface area contributed by atoms with Crippen LogP contribution in [-0.4, -0.2) is 24.2 Å². The minimum atomic E-state index is -0.405. The molecule has 7 heteroatoms. The van der Waals surface area contributed by atoms with Gasteiger partial charge in [-0.2, -0.15) is 0 Å². The van der Waals surface area contributed by atoms with E-state index in [4.69, 9.17) is 20.8 Å². The van der Waals surface area contributed by atoms with E-state index < -0.39 is 5.97 Å². The number of esters is 1. The van der Waals surface area contributed by atoms with Gasteiger partial charge in [0.05, 0.1) is 18.7 Å². The third-order valence-electron chi connectivity index (χ3n) is 3.10. The van der Waals surface area contributed by atoms with Crippen molar-refractivity contribution in [2.45, 2.75) is 24.3 Å². The Morgan fingerprint density at radius 2 is 2.04 bits per heavy atom. The standard InChI is InChI=1S/C17H18ClNO4S/c1-12(15-3-2-9-22-15)19-16(20)11-23-17(21)8-10-24-14-6-4-13(18)5-7-14/h2-7,9,12H,8,10-11H2,1H3,(H,19,20)/t12-/m0/s1. The van der Waals surface area contributed by atoms with E-state index in [0.717, 1.165) is 4.90 Å². The molecule has 1 heterocycles. The van der Waals surface area contributed by atoms with Crippen LogP contribution in [0.15, 0.2) is 52.0 Å². The lowest BCUT2D eigenvalue weighted by molar-refractivity contribution is -0.148. The van der Waals surface area contributed by atoms with Gasteiger partial charge in [0, 0.05) is 15.7 Å². The van der Waals surface area contributed by atoms with Crippen LogP contribution in [0.3, 0.4) is 0 Å². The second kappa shape index (κ2) is 9.39. The molecular weight excluding hydrogens is 350 g/mol. The van der Waals surface area contributed by atoms with Crippen molar-refractivity contribution in [3.63, 3.8) is 0 Å². The van der Waals surface area contributed by atoms with Gasteiger partial charge in [-0.3, -0.25) is 9.59 Å². The van der Waals surface area contributed by atoms with Crippen LogP contribution < -0.4 is 5.32 Å². The predicted octanol–water partition coefficient (Wildman–Crippen LogP) is 3.84. The Bertz CT molecular complexity index is 658. The molecule has 1 aromatic heterocycles. The van der Waals surface area contributed by atoms with Crippen molar-refractivity contribution in [3.05, 3.63) is 53.4 Å². The molecule has 0 spiro atoms. The van der Waals surface area contributed by atoms with Crippen LogP contribution in [0, 0.1) is 0 Å². The van der Waals surface area contributed by atoms with Gasteiger partial charge in [0.1, 0.15) is 5.76 Å². The maximum absolute atomic E-state index is 11.7. The molecule has 0 bridgehead atoms. The van der Waals surface area contributed by atoms with Crippen molar-refractivity contribution < 1.29 is 18.7 Å². The number of nitrogens with one attached hydrogen (secondary N) is 1. The highest BCUT2D eigenvalue weighted by Crippen LogP contribution is 2.21. The van der Waals surface area contributed by atoms with Crippen LogP contribution >= 0.6 is 23.4 Å². The van der Waals surface area contributed by atoms with Gasteiger partial charge in [-0.1, -0.05) is 11.6 Å². The summed E-state index contributed by atoms with van der Waals surface area (Å²) in [5, 5.41) is 3.37. The number of furan rings is 1. The number of carbonyl (C=O) groups excluding carboxylic acids is 2. The summed E-state index contributed by atoms with van der Waals surface area (Å²) in [6.07, 6.45) is 1.77. The first-order valence-electron chi connectivity index (χ1n) is 7.41. The highest BCUT2D eigenvalue weighted by Gasteiger charge is 2.13. The van der Waals surface area contributed by atoms with Gasteiger partial charge in [-0.15, -0.1) is 11.8 Å². The van der Waals surface area contributed by atoms with E-state index in [1.165, 1.54) is 18.0 Å². The highest BCUT2D eigenvalue weighted by atomic mass is 35.5. The zero-order chi connectivity index (χ0) is 17.4. The van der Waals surface area contributed by atoms with Gasteiger partial charge >= 0.3 is 5.97 Å². The first kappa shape index (κ1) is 18.4. The van der Waals surface area contributed by atoms with E-state index in [-0.39, 0.29) is 25.0 Å². The fourth-order valence-corrected chi connectivity index (χ4v) is 2.85. The Labute approximate surface area is 149 Å². The fourth-order valence-electron chi connectivity index (χ4n) is 1.89. The van der Waals surface area contributed by atoms with Crippen molar-refractivity contribution in [2.24, 2.45) is 0 Å². The van der Waals surface area contributed by atoms with E-state index in [0.29, 0.717) is 16.5 Å². The minimum absolute atomic E-state index is 0.230. The molecule has 0 aliphatic rings. The Hall–Kier alpha value is -1.92. The van der Waals surface area contributed by atoms with Crippen LogP contribution in [0.25, 0.3) is 0 Å². The molecule has 0 aliphatic carbocycles. The third-order valence-corrected chi connectivity index (χ3v) is 4.37. The van der Waals surface area contributed by atoms with E-state index in [2.05, 4.69) is 5.32 Å². The molecule has 128 valence electrons. The van der Waals surface area contributed by atoms with Gasteiger partial charge in [-0.05, 0) is 43.3 Å². The lowest BCUT2D eigenvalue weighted by Gasteiger charge is -2.11. The summed E-state index contributed by atoms with van der Waals surface area (Å²) in [6.45, 7) is 1.50. The molecule has 1 aromatic carbocycles. The number of amides is 1. The number of halogens is 1. The van der Waals surface area contributed by atoms with Crippen LogP contribution in [-0.2, 0) is 14.3 Å². The van der Waals surface area contributed by atoms with Crippen molar-refractivity contribution in [1.29, 1.82) is 0 Å². The number of hydrogen-bond acceptors (Lipinski definition) is 5. The van der Waals surface area contributed by atoms with Crippen molar-refractivity contribution in [1.82, 2.24) is 5.32 Å². The minimum Gasteiger partial charge on any atom is -0.467 e. The molecular formula is C17H18ClNO4S. The Morgan fingerprint density at radius 3 is 2.71 bits per heavy atom. The number of carbonyl (C=O) groups is 2. The number of rotatable bonds is 8. The van der Waals surface area contributed by atoms with E-state index >= 15 is 0 Å². The Kier molecular flexibility index (Phi) is 7.21. The zero-order valence-corrected chi connectivity index (χ0v) is 14.7. The van der Waals surface area contributed by atoms with Crippen molar-refractivity contribution in [2.75, 3.05) is 12.4 Å². The molecule has 1 atom stereocenters. The molecule has 0 radical (unpaired) electrons. The average molecular weight is 368 g/mol. The van der Waals surface area contributed by atoms with Gasteiger partial charge in [0.2, 0.25) is 0 Å². The Balaban J connectivity index is 1.62. The first-order chi connectivity index (χ1) is 11.5. The normalized spacial score (nSPS) is 11.8. The van der Waals surface area contributed by atoms with E-state index in [9.17, 15) is 9.59 Å². The third kappa shape index (κ3) is 6.29. The quantitative estimate of drug-likeness (QED) is 0.567. The zero-order valence-electron chi connectivity index (χ0n) is 13.2. The summed E-state index contributed by atoms with van der Waals surface area (Å²) in [5.74, 6) is 0.453. The summed E-state index contributed by atoms with van der Waals surface area (Å²) in [4.78, 5) is 24.4. The second-order valence-electron chi connectivity index (χ2n) is 5.02. The maximum atomic E-state index is 11.7. The summed E-state index contributed by atoms with van der Waals surface area (Å²) in [6, 6.07) is 10.6. The number of benzene rings is 1. The SMILES string of the molecule is C[C@H](NC(=O)COC(=O)CCSc1ccc(Cl)cc1)c1ccco1. The summed E-state index contributed by atoms with van der Waals surface area (Å²) in [7, 11) is 0. The number of ether oxygens (including phenoxy) is 1. The summed E-state index contributed by atoms with van der Waals surface area (Å²) >= 11 is 7.34. The molecule has 0 saturated carbocycles. The van der Waals surface area contributed by atoms with Gasteiger partial charge in [0.15, 0.2) is 6.61 Å². The number of hydrogen-bond donors (Lipinski definition) is 1. The molecule has 2 aromatic rings. The second-order valence-corrected chi connectivity index (χ2v) is 6.62. The number of thioether (sulfide) groups is 1. The first-order valence-corrected chi connectivity index (χ1v) is 8.77. The smallest absolute Gasteiger partial charge is 0.307 e. The van der Waals surface area contributed by atoms with Gasteiger partial charge in [-0.25, -0.2) is 0 Å². The molecule has 1 amide bonds. The highest BCUT2D eigenvalue weighted by molar-refractivity contribution is 7.99. The van der Waals surface area contributed by atoms with Gasteiger partial charge in [0.25, 0.3) is 5.91 Å². The molecule has 2 rings (SSSR count). The van der Waals surface area contributed by atoms with Crippen LogP contribution in [0.1, 0.15) is 25.1 Å². The maximum Gasteiger partial charge on any atom is 0.307 e. The lowest BCUT2D eigenvalue weighted by Crippen LogP contribution is -2.31. The molecule has 0 unspecified atom stereocenters. The summed E-state index contributed by atoms with van der Waals surface area (Å²) < 4.78 is 10.2. The monoisotopic (exact) mass is 367 g/mol. The predicted molar refractivity (Wildman–Crippen MR) is 93.0 cm³/mol. The topological polar surface area (TPSA) is 68.5 Å². The molecule has 1 N–H and O–H groups in total. The lowest BCUT2D eigenvalue weighted by atomic mass is 10.2. The molecule has 24 heavy (non-hydrogen) atoms. The molecule has 0 aliphatic heterocycles. The molecule has 5 nitrogen and oxygen atoms in total. The largest absolute Gasteiger partial charge is 0.467 e. The fraction of sp³-hybridized carbons (Fsp3) is 0.294. The Morgan fingerprint density at radius 1 is 1.29 bits per heavy atom. The van der Waals surface area contributed by atoms with Crippen LogP contribution in [0.2, 0.25) is 5.02 Å². The van der Waals surface area contributed by atoms with Crippen LogP contribution in [0.5, 0.6) is 0 Å². The molecule has 0 fully saturated rings. The van der Waals surface area contributed by atoms with Crippen LogP contribution in [0.4, 0.5) is 0 Å². The van der Waals surface area contributed by atoms with E-state index in [1.807, 2.05) is 12.1 Å². The molecule has 0 saturated heterocycles. The summed E-state index contributed by atoms with van der Waals surface area (Å²) in [5.41, 5.74) is 0. The van der Waals surface area contributed by atoms with Crippen molar-refractivity contribution in [3.8, 4) is 0 Å². The van der Waals surface area contributed by atoms with E-state index in [1.54, 1.807) is 31.2 Å². The average Bonchev–Trinajstić information content (AvgIpc) is 3.09. The van der Waals surface area contributed by atoms with Crippen molar-refractivity contribution >= 4 is 35.2 Å². The van der Waals surface area contributed by atoms with Gasteiger partial charge < -0.3 is 14.5 Å².